The monoisotopic (exact) mass is 555 g/mol. The molecule has 4 aromatic rings. The number of carbonyl (C=O) groups is 2. The van der Waals surface area contributed by atoms with Crippen molar-refractivity contribution in [3.63, 3.8) is 0 Å². The maximum absolute atomic E-state index is 14.2. The van der Waals surface area contributed by atoms with Gasteiger partial charge in [-0.2, -0.15) is 5.26 Å². The number of methoxy groups -OCH3 is 1. The number of thiophene rings is 1. The van der Waals surface area contributed by atoms with Crippen LogP contribution < -0.4 is 9.64 Å². The van der Waals surface area contributed by atoms with Crippen molar-refractivity contribution >= 4 is 40.6 Å². The van der Waals surface area contributed by atoms with Crippen molar-refractivity contribution in [3.8, 4) is 11.8 Å². The Morgan fingerprint density at radius 2 is 2.03 bits per heavy atom. The van der Waals surface area contributed by atoms with Gasteiger partial charge >= 0.3 is 0 Å². The maximum atomic E-state index is 14.2. The van der Waals surface area contributed by atoms with E-state index in [2.05, 4.69) is 17.1 Å². The molecule has 0 radical (unpaired) electrons. The van der Waals surface area contributed by atoms with Gasteiger partial charge in [0, 0.05) is 35.3 Å². The van der Waals surface area contributed by atoms with Crippen LogP contribution in [0.4, 0.5) is 5.69 Å². The SMILES string of the molecule is COc1cccc(N2CC(Cc3cccs3)N(C(=O)c3cnc4n3[C@H](c3ccc(C#N)cc3)CS4)CC2=O)c1. The van der Waals surface area contributed by atoms with Crippen LogP contribution in [0.2, 0.25) is 0 Å². The number of fused-ring (bicyclic) bond motifs is 1. The van der Waals surface area contributed by atoms with E-state index in [1.165, 1.54) is 0 Å². The fourth-order valence-corrected chi connectivity index (χ4v) is 7.10. The smallest absolute Gasteiger partial charge is 0.272 e. The van der Waals surface area contributed by atoms with E-state index in [1.807, 2.05) is 52.4 Å². The van der Waals surface area contributed by atoms with Crippen molar-refractivity contribution < 1.29 is 14.3 Å². The van der Waals surface area contributed by atoms with Crippen LogP contribution in [0.3, 0.4) is 0 Å². The number of carbonyl (C=O) groups excluding carboxylic acids is 2. The average Bonchev–Trinajstić information content (AvgIpc) is 3.72. The van der Waals surface area contributed by atoms with Crippen LogP contribution in [0.25, 0.3) is 0 Å². The Balaban J connectivity index is 1.32. The summed E-state index contributed by atoms with van der Waals surface area (Å²) in [6.45, 7) is 0.353. The van der Waals surface area contributed by atoms with Crippen LogP contribution in [0.1, 0.15) is 32.5 Å². The minimum Gasteiger partial charge on any atom is -0.497 e. The zero-order valence-electron chi connectivity index (χ0n) is 21.2. The van der Waals surface area contributed by atoms with Crippen molar-refractivity contribution in [1.82, 2.24) is 14.5 Å². The Kier molecular flexibility index (Phi) is 6.85. The third kappa shape index (κ3) is 4.80. The highest BCUT2D eigenvalue weighted by atomic mass is 32.2. The summed E-state index contributed by atoms with van der Waals surface area (Å²) in [4.78, 5) is 36.8. The molecule has 4 heterocycles. The molecule has 0 bridgehead atoms. The summed E-state index contributed by atoms with van der Waals surface area (Å²) in [5.74, 6) is 1.08. The minimum absolute atomic E-state index is 0.0265. The van der Waals surface area contributed by atoms with Gasteiger partial charge in [0.2, 0.25) is 5.91 Å². The summed E-state index contributed by atoms with van der Waals surface area (Å²) in [7, 11) is 1.60. The van der Waals surface area contributed by atoms with Gasteiger partial charge in [0.05, 0.1) is 37.0 Å². The number of anilines is 1. The lowest BCUT2D eigenvalue weighted by atomic mass is 10.0. The van der Waals surface area contributed by atoms with Gasteiger partial charge in [-0.1, -0.05) is 36.0 Å². The maximum Gasteiger partial charge on any atom is 0.272 e. The Morgan fingerprint density at radius 3 is 2.77 bits per heavy atom. The summed E-state index contributed by atoms with van der Waals surface area (Å²) in [5.41, 5.74) is 2.84. The van der Waals surface area contributed by atoms with Crippen LogP contribution in [0.5, 0.6) is 5.75 Å². The number of aromatic nitrogens is 2. The number of imidazole rings is 1. The molecule has 196 valence electrons. The number of rotatable bonds is 6. The molecule has 2 aromatic carbocycles. The molecule has 2 atom stereocenters. The zero-order valence-corrected chi connectivity index (χ0v) is 22.8. The van der Waals surface area contributed by atoms with Crippen LogP contribution >= 0.6 is 23.1 Å². The lowest BCUT2D eigenvalue weighted by Gasteiger charge is -2.41. The number of benzene rings is 2. The first-order valence-electron chi connectivity index (χ1n) is 12.5. The highest BCUT2D eigenvalue weighted by molar-refractivity contribution is 7.99. The lowest BCUT2D eigenvalue weighted by molar-refractivity contribution is -0.121. The highest BCUT2D eigenvalue weighted by Gasteiger charge is 2.39. The minimum atomic E-state index is -0.214. The van der Waals surface area contributed by atoms with Gasteiger partial charge in [0.15, 0.2) is 5.16 Å². The molecule has 2 aliphatic heterocycles. The summed E-state index contributed by atoms with van der Waals surface area (Å²) < 4.78 is 7.36. The highest BCUT2D eigenvalue weighted by Crippen LogP contribution is 2.38. The molecular formula is C29H25N5O3S2. The lowest BCUT2D eigenvalue weighted by Crippen LogP contribution is -2.59. The Bertz CT molecular complexity index is 1560. The molecule has 1 fully saturated rings. The van der Waals surface area contributed by atoms with Crippen LogP contribution in [-0.2, 0) is 11.2 Å². The molecule has 2 aliphatic rings. The van der Waals surface area contributed by atoms with E-state index in [1.54, 1.807) is 58.3 Å². The van der Waals surface area contributed by atoms with Gasteiger partial charge in [-0.25, -0.2) is 4.98 Å². The number of hydrogen-bond donors (Lipinski definition) is 0. The Labute approximate surface area is 234 Å². The number of nitrogens with zero attached hydrogens (tertiary/aromatic N) is 5. The van der Waals surface area contributed by atoms with Gasteiger partial charge in [0.1, 0.15) is 18.0 Å². The van der Waals surface area contributed by atoms with Gasteiger partial charge in [0.25, 0.3) is 5.91 Å². The number of thioether (sulfide) groups is 1. The second kappa shape index (κ2) is 10.6. The standard InChI is InChI=1S/C29H25N5O3S2/c1-37-23-5-2-4-21(12-23)32-16-22(13-24-6-3-11-38-24)33(17-27(32)35)28(36)25-15-31-29-34(25)26(18-39-29)20-9-7-19(14-30)8-10-20/h2-12,15,22,26H,13,16-18H2,1H3/t22?,26-/m0/s1. The van der Waals surface area contributed by atoms with E-state index in [9.17, 15) is 14.9 Å². The Morgan fingerprint density at radius 1 is 1.18 bits per heavy atom. The summed E-state index contributed by atoms with van der Waals surface area (Å²) in [6, 6.07) is 20.8. The molecule has 8 nitrogen and oxygen atoms in total. The predicted octanol–water partition coefficient (Wildman–Crippen LogP) is 4.62. The second-order valence-electron chi connectivity index (χ2n) is 9.43. The van der Waals surface area contributed by atoms with E-state index in [-0.39, 0.29) is 30.4 Å². The van der Waals surface area contributed by atoms with Crippen LogP contribution in [0, 0.1) is 11.3 Å². The first-order valence-corrected chi connectivity index (χ1v) is 14.4. The number of amides is 2. The number of ether oxygens (including phenoxy) is 1. The fraction of sp³-hybridized carbons (Fsp3) is 0.241. The van der Waals surface area contributed by atoms with E-state index in [0.717, 1.165) is 27.0 Å². The van der Waals surface area contributed by atoms with Crippen molar-refractivity contribution in [2.45, 2.75) is 23.7 Å². The van der Waals surface area contributed by atoms with E-state index < -0.39 is 0 Å². The first-order chi connectivity index (χ1) is 19.1. The molecule has 2 aromatic heterocycles. The van der Waals surface area contributed by atoms with Crippen molar-refractivity contribution in [2.75, 3.05) is 30.9 Å². The summed E-state index contributed by atoms with van der Waals surface area (Å²) in [5, 5.41) is 12.0. The van der Waals surface area contributed by atoms with Crippen molar-refractivity contribution in [2.24, 2.45) is 0 Å². The van der Waals surface area contributed by atoms with Gasteiger partial charge in [-0.3, -0.25) is 9.59 Å². The number of hydrogen-bond acceptors (Lipinski definition) is 7. The topological polar surface area (TPSA) is 91.5 Å². The third-order valence-corrected chi connectivity index (χ3v) is 9.11. The normalized spacial score (nSPS) is 18.6. The van der Waals surface area contributed by atoms with Gasteiger partial charge in [-0.15, -0.1) is 11.3 Å². The molecule has 0 saturated carbocycles. The third-order valence-electron chi connectivity index (χ3n) is 7.17. The molecule has 1 unspecified atom stereocenters. The predicted molar refractivity (Wildman–Crippen MR) is 150 cm³/mol. The van der Waals surface area contributed by atoms with E-state index >= 15 is 0 Å². The number of piperazine rings is 1. The molecule has 2 amide bonds. The molecule has 0 N–H and O–H groups in total. The molecule has 10 heteroatoms. The van der Waals surface area contributed by atoms with E-state index in [4.69, 9.17) is 4.74 Å². The van der Waals surface area contributed by atoms with Crippen LogP contribution in [0.15, 0.2) is 77.4 Å². The Hall–Kier alpha value is -4.07. The van der Waals surface area contributed by atoms with Gasteiger partial charge in [-0.05, 0) is 41.3 Å². The summed E-state index contributed by atoms with van der Waals surface area (Å²) in [6.07, 6.45) is 2.27. The van der Waals surface area contributed by atoms with Gasteiger partial charge < -0.3 is 19.1 Å². The van der Waals surface area contributed by atoms with Crippen molar-refractivity contribution in [1.29, 1.82) is 5.26 Å². The molecule has 1 saturated heterocycles. The largest absolute Gasteiger partial charge is 0.497 e. The first kappa shape index (κ1) is 25.2. The molecule has 0 aliphatic carbocycles. The average molecular weight is 556 g/mol. The molecule has 0 spiro atoms. The molecule has 6 rings (SSSR count). The second-order valence-corrected chi connectivity index (χ2v) is 11.5. The van der Waals surface area contributed by atoms with E-state index in [0.29, 0.717) is 30.0 Å². The summed E-state index contributed by atoms with van der Waals surface area (Å²) >= 11 is 3.25. The van der Waals surface area contributed by atoms with Crippen LogP contribution in [-0.4, -0.2) is 58.3 Å². The quantitative estimate of drug-likeness (QED) is 0.345. The molecular weight excluding hydrogens is 530 g/mol. The van der Waals surface area contributed by atoms with Crippen molar-refractivity contribution in [3.05, 3.63) is 93.9 Å². The fourth-order valence-electron chi connectivity index (χ4n) is 5.18. The number of nitriles is 1. The zero-order chi connectivity index (χ0) is 26.9. The molecule has 39 heavy (non-hydrogen) atoms.